The molecule has 1 aromatic carbocycles. The first kappa shape index (κ1) is 19.0. The van der Waals surface area contributed by atoms with Gasteiger partial charge in [0.05, 0.1) is 11.3 Å². The van der Waals surface area contributed by atoms with Gasteiger partial charge in [-0.3, -0.25) is 9.63 Å². The van der Waals surface area contributed by atoms with Gasteiger partial charge in [-0.25, -0.2) is 13.5 Å². The monoisotopic (exact) mass is 390 g/mol. The lowest BCUT2D eigenvalue weighted by molar-refractivity contribution is -0.206. The summed E-state index contributed by atoms with van der Waals surface area (Å²) in [5, 5.41) is 1.31. The predicted molar refractivity (Wildman–Crippen MR) is 86.9 cm³/mol. The molecule has 0 aliphatic carbocycles. The largest absolute Gasteiger partial charge is 0.435 e. The van der Waals surface area contributed by atoms with Crippen LogP contribution in [0.4, 0.5) is 8.78 Å². The van der Waals surface area contributed by atoms with Gasteiger partial charge in [0.1, 0.15) is 11.4 Å². The highest BCUT2D eigenvalue weighted by atomic mass is 32.2. The molecule has 2 aliphatic heterocycles. The Kier molecular flexibility index (Phi) is 5.18. The van der Waals surface area contributed by atoms with Crippen molar-refractivity contribution in [1.29, 1.82) is 0 Å². The number of sulfonamides is 1. The lowest BCUT2D eigenvalue weighted by atomic mass is 9.89. The van der Waals surface area contributed by atoms with E-state index in [9.17, 15) is 22.0 Å². The fraction of sp³-hybridized carbons (Fsp3) is 0.562. The van der Waals surface area contributed by atoms with E-state index in [1.54, 1.807) is 0 Å². The van der Waals surface area contributed by atoms with Gasteiger partial charge in [0, 0.05) is 25.7 Å². The zero-order valence-electron chi connectivity index (χ0n) is 14.2. The average Bonchev–Trinajstić information content (AvgIpc) is 2.90. The van der Waals surface area contributed by atoms with E-state index in [0.717, 1.165) is 6.07 Å². The van der Waals surface area contributed by atoms with E-state index in [1.807, 2.05) is 6.92 Å². The van der Waals surface area contributed by atoms with Crippen molar-refractivity contribution in [2.24, 2.45) is 0 Å². The maximum absolute atomic E-state index is 12.8. The minimum Gasteiger partial charge on any atom is -0.435 e. The lowest BCUT2D eigenvalue weighted by Crippen LogP contribution is -2.47. The average molecular weight is 390 g/mol. The molecule has 2 fully saturated rings. The molecular weight excluding hydrogens is 370 g/mol. The molecule has 0 aromatic heterocycles. The van der Waals surface area contributed by atoms with Crippen LogP contribution in [0.1, 0.15) is 26.2 Å². The Balaban J connectivity index is 1.72. The number of nitrogens with zero attached hydrogens (tertiary/aromatic N) is 2. The molecule has 0 bridgehead atoms. The molecule has 1 amide bonds. The number of hydroxylamine groups is 2. The number of hydrogen-bond donors (Lipinski definition) is 0. The second kappa shape index (κ2) is 7.09. The number of amides is 1. The Bertz CT molecular complexity index is 779. The van der Waals surface area contributed by atoms with E-state index in [2.05, 4.69) is 4.74 Å². The highest BCUT2D eigenvalue weighted by molar-refractivity contribution is 7.89. The van der Waals surface area contributed by atoms with Gasteiger partial charge in [-0.1, -0.05) is 6.07 Å². The van der Waals surface area contributed by atoms with Crippen molar-refractivity contribution < 1.29 is 31.6 Å². The van der Waals surface area contributed by atoms with Crippen LogP contribution in [0.5, 0.6) is 5.75 Å². The van der Waals surface area contributed by atoms with Gasteiger partial charge in [0.2, 0.25) is 15.9 Å². The molecule has 26 heavy (non-hydrogen) atoms. The summed E-state index contributed by atoms with van der Waals surface area (Å²) in [5.41, 5.74) is -0.653. The van der Waals surface area contributed by atoms with E-state index in [4.69, 9.17) is 4.84 Å². The molecular formula is C16H20F2N2O5S. The first-order valence-electron chi connectivity index (χ1n) is 8.30. The molecule has 2 aliphatic rings. The fourth-order valence-corrected chi connectivity index (χ4v) is 4.76. The van der Waals surface area contributed by atoms with Crippen LogP contribution in [-0.2, 0) is 19.7 Å². The van der Waals surface area contributed by atoms with Crippen molar-refractivity contribution >= 4 is 15.9 Å². The summed E-state index contributed by atoms with van der Waals surface area (Å²) >= 11 is 0. The Morgan fingerprint density at radius 3 is 2.58 bits per heavy atom. The summed E-state index contributed by atoms with van der Waals surface area (Å²) in [4.78, 5) is 17.5. The standard InChI is InChI=1S/C16H20F2N2O5S/c1-2-20-14(21)11-16(25-20)6-8-19(9-7-16)26(22,23)13-5-3-4-12(10-13)24-15(17)18/h3-5,10,15H,2,6-9,11H2,1H3. The Hall–Kier alpha value is -1.78. The van der Waals surface area contributed by atoms with Crippen LogP contribution in [0.2, 0.25) is 0 Å². The van der Waals surface area contributed by atoms with E-state index >= 15 is 0 Å². The smallest absolute Gasteiger partial charge is 0.387 e. The molecule has 144 valence electrons. The van der Waals surface area contributed by atoms with Crippen LogP contribution >= 0.6 is 0 Å². The van der Waals surface area contributed by atoms with Crippen molar-refractivity contribution in [1.82, 2.24) is 9.37 Å². The molecule has 3 rings (SSSR count). The third kappa shape index (κ3) is 3.67. The van der Waals surface area contributed by atoms with Gasteiger partial charge in [-0.2, -0.15) is 13.1 Å². The second-order valence-electron chi connectivity index (χ2n) is 6.30. The summed E-state index contributed by atoms with van der Waals surface area (Å²) in [7, 11) is -3.84. The van der Waals surface area contributed by atoms with Gasteiger partial charge in [0.15, 0.2) is 0 Å². The van der Waals surface area contributed by atoms with Gasteiger partial charge < -0.3 is 4.74 Å². The normalized spacial score (nSPS) is 20.9. The van der Waals surface area contributed by atoms with Crippen molar-refractivity contribution in [3.8, 4) is 5.75 Å². The zero-order valence-corrected chi connectivity index (χ0v) is 15.0. The van der Waals surface area contributed by atoms with Crippen LogP contribution in [0.3, 0.4) is 0 Å². The Morgan fingerprint density at radius 1 is 1.31 bits per heavy atom. The molecule has 10 heteroatoms. The van der Waals surface area contributed by atoms with Crippen LogP contribution in [0.25, 0.3) is 0 Å². The van der Waals surface area contributed by atoms with Crippen LogP contribution in [0.15, 0.2) is 29.2 Å². The topological polar surface area (TPSA) is 76.2 Å². The van der Waals surface area contributed by atoms with Crippen LogP contribution in [-0.4, -0.2) is 55.5 Å². The third-order valence-corrected chi connectivity index (χ3v) is 6.54. The number of ether oxygens (including phenoxy) is 1. The molecule has 0 N–H and O–H groups in total. The van der Waals surface area contributed by atoms with Gasteiger partial charge in [-0.15, -0.1) is 0 Å². The maximum atomic E-state index is 12.8. The van der Waals surface area contributed by atoms with Gasteiger partial charge in [0.25, 0.3) is 0 Å². The van der Waals surface area contributed by atoms with Crippen molar-refractivity contribution in [3.63, 3.8) is 0 Å². The van der Waals surface area contributed by atoms with Crippen molar-refractivity contribution in [2.45, 2.75) is 43.3 Å². The van der Waals surface area contributed by atoms with E-state index in [0.29, 0.717) is 19.4 Å². The molecule has 2 saturated heterocycles. The molecule has 0 unspecified atom stereocenters. The minimum atomic E-state index is -3.84. The third-order valence-electron chi connectivity index (χ3n) is 4.64. The first-order valence-corrected chi connectivity index (χ1v) is 9.74. The molecule has 7 nitrogen and oxygen atoms in total. The molecule has 0 atom stereocenters. The number of rotatable bonds is 5. The summed E-state index contributed by atoms with van der Waals surface area (Å²) in [6, 6.07) is 5.05. The summed E-state index contributed by atoms with van der Waals surface area (Å²) in [6.07, 6.45) is 1.02. The van der Waals surface area contributed by atoms with Crippen molar-refractivity contribution in [3.05, 3.63) is 24.3 Å². The highest BCUT2D eigenvalue weighted by Gasteiger charge is 2.48. The maximum Gasteiger partial charge on any atom is 0.387 e. The molecule has 0 saturated carbocycles. The number of piperidine rings is 1. The Morgan fingerprint density at radius 2 is 2.00 bits per heavy atom. The van der Waals surface area contributed by atoms with E-state index in [-0.39, 0.29) is 36.1 Å². The highest BCUT2D eigenvalue weighted by Crippen LogP contribution is 2.37. The van der Waals surface area contributed by atoms with Crippen LogP contribution in [0, 0.1) is 0 Å². The molecule has 2 heterocycles. The van der Waals surface area contributed by atoms with Gasteiger partial charge >= 0.3 is 6.61 Å². The van der Waals surface area contributed by atoms with Crippen LogP contribution < -0.4 is 4.74 Å². The summed E-state index contributed by atoms with van der Waals surface area (Å²) < 4.78 is 55.8. The van der Waals surface area contributed by atoms with E-state index < -0.39 is 22.2 Å². The fourth-order valence-electron chi connectivity index (χ4n) is 3.28. The number of benzene rings is 1. The summed E-state index contributed by atoms with van der Waals surface area (Å²) in [5.74, 6) is -0.307. The SMILES string of the molecule is CCN1OC2(CCN(S(=O)(=O)c3cccc(OC(F)F)c3)CC2)CC1=O. The number of carbonyl (C=O) groups is 1. The minimum absolute atomic E-state index is 0.0966. The quantitative estimate of drug-likeness (QED) is 0.769. The zero-order chi connectivity index (χ0) is 18.9. The van der Waals surface area contributed by atoms with E-state index in [1.165, 1.54) is 27.6 Å². The number of alkyl halides is 2. The number of carbonyl (C=O) groups excluding carboxylic acids is 1. The second-order valence-corrected chi connectivity index (χ2v) is 8.23. The number of hydrogen-bond acceptors (Lipinski definition) is 5. The number of halogens is 2. The van der Waals surface area contributed by atoms with Gasteiger partial charge in [-0.05, 0) is 31.9 Å². The molecule has 1 aromatic rings. The lowest BCUT2D eigenvalue weighted by Gasteiger charge is -2.37. The Labute approximate surface area is 150 Å². The molecule has 0 radical (unpaired) electrons. The first-order chi connectivity index (χ1) is 12.3. The van der Waals surface area contributed by atoms with Crippen molar-refractivity contribution in [2.75, 3.05) is 19.6 Å². The molecule has 1 spiro atoms. The summed E-state index contributed by atoms with van der Waals surface area (Å²) in [6.45, 7) is -0.397. The predicted octanol–water partition coefficient (Wildman–Crippen LogP) is 2.00.